The maximum atomic E-state index is 12.8. The van der Waals surface area contributed by atoms with Crippen molar-refractivity contribution in [2.45, 2.75) is 6.61 Å². The van der Waals surface area contributed by atoms with Gasteiger partial charge in [0.1, 0.15) is 12.4 Å². The highest BCUT2D eigenvalue weighted by Crippen LogP contribution is 2.28. The quantitative estimate of drug-likeness (QED) is 0.912. The van der Waals surface area contributed by atoms with Crippen LogP contribution in [-0.2, 0) is 6.61 Å². The highest BCUT2D eigenvalue weighted by atomic mass is 19.1. The van der Waals surface area contributed by atoms with Crippen LogP contribution < -0.4 is 15.2 Å². The molecule has 0 spiro atoms. The Morgan fingerprint density at radius 2 is 1.85 bits per heavy atom. The summed E-state index contributed by atoms with van der Waals surface area (Å²) in [7, 11) is 1.48. The molecule has 2 rings (SSSR count). The molecule has 0 saturated carbocycles. The summed E-state index contributed by atoms with van der Waals surface area (Å²) < 4.78 is 23.5. The summed E-state index contributed by atoms with van der Waals surface area (Å²) in [4.78, 5) is 11.1. The van der Waals surface area contributed by atoms with Gasteiger partial charge in [0, 0.05) is 5.56 Å². The fourth-order valence-electron chi connectivity index (χ4n) is 1.68. The first-order valence-electron chi connectivity index (χ1n) is 5.95. The minimum Gasteiger partial charge on any atom is -0.493 e. The van der Waals surface area contributed by atoms with Crippen molar-refractivity contribution in [3.8, 4) is 11.5 Å². The lowest BCUT2D eigenvalue weighted by Gasteiger charge is -2.11. The molecule has 0 saturated heterocycles. The first-order chi connectivity index (χ1) is 9.60. The molecule has 2 N–H and O–H groups in total. The van der Waals surface area contributed by atoms with Crippen LogP contribution >= 0.6 is 0 Å². The molecule has 0 bridgehead atoms. The normalized spacial score (nSPS) is 10.1. The van der Waals surface area contributed by atoms with Crippen molar-refractivity contribution < 1.29 is 18.7 Å². The number of ether oxygens (including phenoxy) is 2. The van der Waals surface area contributed by atoms with Crippen molar-refractivity contribution in [1.29, 1.82) is 0 Å². The van der Waals surface area contributed by atoms with E-state index in [1.165, 1.54) is 25.3 Å². The monoisotopic (exact) mass is 275 g/mol. The zero-order chi connectivity index (χ0) is 14.5. The van der Waals surface area contributed by atoms with Crippen LogP contribution in [-0.4, -0.2) is 13.0 Å². The summed E-state index contributed by atoms with van der Waals surface area (Å²) in [6.45, 7) is 0.270. The lowest BCUT2D eigenvalue weighted by molar-refractivity contribution is 0.1000. The second-order valence-electron chi connectivity index (χ2n) is 4.15. The lowest BCUT2D eigenvalue weighted by Crippen LogP contribution is -2.11. The summed E-state index contributed by atoms with van der Waals surface area (Å²) in [5.74, 6) is 0.0794. The summed E-state index contributed by atoms with van der Waals surface area (Å²) in [6, 6.07) is 10.7. The molecule has 0 aliphatic heterocycles. The van der Waals surface area contributed by atoms with E-state index in [9.17, 15) is 9.18 Å². The van der Waals surface area contributed by atoms with Gasteiger partial charge in [0.25, 0.3) is 0 Å². The molecule has 104 valence electrons. The summed E-state index contributed by atoms with van der Waals surface area (Å²) in [5, 5.41) is 0. The zero-order valence-corrected chi connectivity index (χ0v) is 10.9. The number of hydrogen-bond acceptors (Lipinski definition) is 3. The van der Waals surface area contributed by atoms with Gasteiger partial charge < -0.3 is 15.2 Å². The number of nitrogens with two attached hydrogens (primary N) is 1. The highest BCUT2D eigenvalue weighted by Gasteiger charge is 2.09. The fraction of sp³-hybridized carbons (Fsp3) is 0.133. The Labute approximate surface area is 115 Å². The molecule has 2 aromatic carbocycles. The maximum absolute atomic E-state index is 12.8. The van der Waals surface area contributed by atoms with Crippen molar-refractivity contribution in [2.24, 2.45) is 5.73 Å². The molecule has 4 nitrogen and oxygen atoms in total. The molecule has 0 aliphatic rings. The van der Waals surface area contributed by atoms with E-state index in [0.29, 0.717) is 17.1 Å². The minimum absolute atomic E-state index is 0.270. The molecule has 5 heteroatoms. The number of rotatable bonds is 5. The summed E-state index contributed by atoms with van der Waals surface area (Å²) in [6.07, 6.45) is 0. The topological polar surface area (TPSA) is 61.5 Å². The van der Waals surface area contributed by atoms with Crippen molar-refractivity contribution >= 4 is 5.91 Å². The van der Waals surface area contributed by atoms with E-state index in [1.54, 1.807) is 24.3 Å². The van der Waals surface area contributed by atoms with Crippen LogP contribution in [0.5, 0.6) is 11.5 Å². The van der Waals surface area contributed by atoms with E-state index < -0.39 is 5.91 Å². The number of benzene rings is 2. The van der Waals surface area contributed by atoms with Crippen LogP contribution in [0.25, 0.3) is 0 Å². The van der Waals surface area contributed by atoms with Gasteiger partial charge >= 0.3 is 0 Å². The van der Waals surface area contributed by atoms with Gasteiger partial charge in [-0.1, -0.05) is 12.1 Å². The molecule has 20 heavy (non-hydrogen) atoms. The summed E-state index contributed by atoms with van der Waals surface area (Å²) in [5.41, 5.74) is 6.37. The Morgan fingerprint density at radius 3 is 2.45 bits per heavy atom. The fourth-order valence-corrected chi connectivity index (χ4v) is 1.68. The summed E-state index contributed by atoms with van der Waals surface area (Å²) >= 11 is 0. The smallest absolute Gasteiger partial charge is 0.248 e. The van der Waals surface area contributed by atoms with E-state index >= 15 is 0 Å². The third kappa shape index (κ3) is 3.26. The van der Waals surface area contributed by atoms with E-state index in [4.69, 9.17) is 15.2 Å². The first-order valence-corrected chi connectivity index (χ1v) is 5.95. The average Bonchev–Trinajstić information content (AvgIpc) is 2.46. The van der Waals surface area contributed by atoms with E-state index in [1.807, 2.05) is 0 Å². The van der Waals surface area contributed by atoms with Crippen LogP contribution in [0.1, 0.15) is 15.9 Å². The van der Waals surface area contributed by atoms with Gasteiger partial charge in [-0.05, 0) is 35.9 Å². The average molecular weight is 275 g/mol. The standard InChI is InChI=1S/C15H14FNO3/c1-19-14-8-11(15(17)18)4-7-13(14)20-9-10-2-5-12(16)6-3-10/h2-8H,9H2,1H3,(H2,17,18). The molecule has 1 amide bonds. The molecule has 0 aliphatic carbocycles. The van der Waals surface area contributed by atoms with Crippen LogP contribution in [0.15, 0.2) is 42.5 Å². The number of methoxy groups -OCH3 is 1. The van der Waals surface area contributed by atoms with Crippen molar-refractivity contribution in [3.63, 3.8) is 0 Å². The molecular weight excluding hydrogens is 261 g/mol. The Bertz CT molecular complexity index is 611. The maximum Gasteiger partial charge on any atom is 0.248 e. The Hall–Kier alpha value is -2.56. The van der Waals surface area contributed by atoms with Gasteiger partial charge in [-0.15, -0.1) is 0 Å². The van der Waals surface area contributed by atoms with Crippen molar-refractivity contribution in [2.75, 3.05) is 7.11 Å². The molecule has 0 unspecified atom stereocenters. The number of primary amides is 1. The van der Waals surface area contributed by atoms with Gasteiger partial charge in [-0.2, -0.15) is 0 Å². The first kappa shape index (κ1) is 13.9. The molecule has 0 radical (unpaired) electrons. The van der Waals surface area contributed by atoms with Crippen molar-refractivity contribution in [3.05, 3.63) is 59.4 Å². The van der Waals surface area contributed by atoms with Crippen LogP contribution in [0.4, 0.5) is 4.39 Å². The zero-order valence-electron chi connectivity index (χ0n) is 10.9. The third-order valence-corrected chi connectivity index (χ3v) is 2.76. The SMILES string of the molecule is COc1cc(C(N)=O)ccc1OCc1ccc(F)cc1. The Morgan fingerprint density at radius 1 is 1.15 bits per heavy atom. The molecule has 2 aromatic rings. The van der Waals surface area contributed by atoms with Gasteiger partial charge in [-0.3, -0.25) is 4.79 Å². The number of amides is 1. The van der Waals surface area contributed by atoms with E-state index in [0.717, 1.165) is 5.56 Å². The Kier molecular flexibility index (Phi) is 4.20. The largest absolute Gasteiger partial charge is 0.493 e. The van der Waals surface area contributed by atoms with Crippen molar-refractivity contribution in [1.82, 2.24) is 0 Å². The highest BCUT2D eigenvalue weighted by molar-refractivity contribution is 5.93. The lowest BCUT2D eigenvalue weighted by atomic mass is 10.2. The van der Waals surface area contributed by atoms with Gasteiger partial charge in [0.15, 0.2) is 11.5 Å². The number of halogens is 1. The van der Waals surface area contributed by atoms with Gasteiger partial charge in [0.05, 0.1) is 7.11 Å². The van der Waals surface area contributed by atoms with Gasteiger partial charge in [-0.25, -0.2) is 4.39 Å². The molecule has 0 atom stereocenters. The molecular formula is C15H14FNO3. The molecule has 0 aromatic heterocycles. The number of hydrogen-bond donors (Lipinski definition) is 1. The van der Waals surface area contributed by atoms with Crippen LogP contribution in [0.2, 0.25) is 0 Å². The van der Waals surface area contributed by atoms with E-state index in [2.05, 4.69) is 0 Å². The predicted molar refractivity (Wildman–Crippen MR) is 72.2 cm³/mol. The molecule has 0 fully saturated rings. The second-order valence-corrected chi connectivity index (χ2v) is 4.15. The number of carbonyl (C=O) groups is 1. The molecule has 0 heterocycles. The van der Waals surface area contributed by atoms with E-state index in [-0.39, 0.29) is 12.4 Å². The predicted octanol–water partition coefficient (Wildman–Crippen LogP) is 2.51. The minimum atomic E-state index is -0.534. The Balaban J connectivity index is 2.12. The third-order valence-electron chi connectivity index (χ3n) is 2.76. The van der Waals surface area contributed by atoms with Gasteiger partial charge in [0.2, 0.25) is 5.91 Å². The second kappa shape index (κ2) is 6.06. The number of carbonyl (C=O) groups excluding carboxylic acids is 1. The van der Waals surface area contributed by atoms with Crippen LogP contribution in [0.3, 0.4) is 0 Å². The van der Waals surface area contributed by atoms with Crippen LogP contribution in [0, 0.1) is 5.82 Å².